The van der Waals surface area contributed by atoms with Crippen molar-refractivity contribution in [2.75, 3.05) is 43.4 Å². The number of benzene rings is 1. The average molecular weight is 523 g/mol. The van der Waals surface area contributed by atoms with Crippen molar-refractivity contribution in [3.05, 3.63) is 47.7 Å². The molecule has 0 unspecified atom stereocenters. The van der Waals surface area contributed by atoms with Crippen LogP contribution in [0.4, 0.5) is 10.9 Å². The average Bonchev–Trinajstić information content (AvgIpc) is 3.33. The van der Waals surface area contributed by atoms with Crippen molar-refractivity contribution in [2.45, 2.75) is 44.6 Å². The van der Waals surface area contributed by atoms with E-state index in [1.165, 1.54) is 16.9 Å². The van der Waals surface area contributed by atoms with E-state index in [0.717, 1.165) is 79.9 Å². The normalized spacial score (nSPS) is 18.5. The fraction of sp³-hybridized carbons (Fsp3) is 0.481. The number of para-hydroxylation sites is 1. The summed E-state index contributed by atoms with van der Waals surface area (Å²) in [5.74, 6) is -0.187. The van der Waals surface area contributed by atoms with Gasteiger partial charge in [0.15, 0.2) is 5.13 Å². The molecule has 1 fully saturated rings. The van der Waals surface area contributed by atoms with Gasteiger partial charge in [0, 0.05) is 25.3 Å². The Balaban J connectivity index is 1.08. The molecule has 3 aromatic rings. The standard InChI is InChI=1S/C27H34N6O3S/c34-25(29-16-22(26(35)36)32-27-31-21-9-1-2-10-23(21)37-27)19-7-4-14-33(17-19)15-5-8-20-12-11-18-6-3-13-28-24(18)30-20/h1-2,9-12,19,22H,3-8,13-17H2,(H,28,30)(H,29,34)(H,31,32)(H,35,36)/t19-,22+/m1/s1. The van der Waals surface area contributed by atoms with Crippen LogP contribution >= 0.6 is 11.3 Å². The Morgan fingerprint density at radius 1 is 1.19 bits per heavy atom. The summed E-state index contributed by atoms with van der Waals surface area (Å²) in [5.41, 5.74) is 3.24. The number of carbonyl (C=O) groups excluding carboxylic acids is 1. The van der Waals surface area contributed by atoms with Crippen LogP contribution in [0.2, 0.25) is 0 Å². The number of carbonyl (C=O) groups is 2. The number of aryl methyl sites for hydroxylation is 2. The highest BCUT2D eigenvalue weighted by molar-refractivity contribution is 7.22. The number of likely N-dealkylation sites (tertiary alicyclic amines) is 1. The van der Waals surface area contributed by atoms with E-state index in [9.17, 15) is 14.7 Å². The van der Waals surface area contributed by atoms with E-state index >= 15 is 0 Å². The lowest BCUT2D eigenvalue weighted by molar-refractivity contribution is -0.138. The maximum absolute atomic E-state index is 12.9. The summed E-state index contributed by atoms with van der Waals surface area (Å²) in [7, 11) is 0. The number of pyridine rings is 1. The molecule has 0 aliphatic carbocycles. The molecular weight excluding hydrogens is 488 g/mol. The van der Waals surface area contributed by atoms with Gasteiger partial charge in [-0.3, -0.25) is 4.79 Å². The highest BCUT2D eigenvalue weighted by atomic mass is 32.1. The summed E-state index contributed by atoms with van der Waals surface area (Å²) in [6.45, 7) is 3.62. The first-order valence-electron chi connectivity index (χ1n) is 13.1. The molecular formula is C27H34N6O3S. The third-order valence-electron chi connectivity index (χ3n) is 7.11. The number of nitrogens with zero attached hydrogens (tertiary/aromatic N) is 3. The Labute approximate surface area is 220 Å². The number of fused-ring (bicyclic) bond motifs is 2. The van der Waals surface area contributed by atoms with Crippen LogP contribution in [0, 0.1) is 5.92 Å². The zero-order valence-electron chi connectivity index (χ0n) is 20.9. The maximum atomic E-state index is 12.9. The van der Waals surface area contributed by atoms with E-state index in [-0.39, 0.29) is 18.4 Å². The van der Waals surface area contributed by atoms with Crippen LogP contribution in [0.1, 0.15) is 36.9 Å². The van der Waals surface area contributed by atoms with Gasteiger partial charge in [0.2, 0.25) is 5.91 Å². The number of hydrogen-bond donors (Lipinski definition) is 4. The van der Waals surface area contributed by atoms with Crippen LogP contribution < -0.4 is 16.0 Å². The Hall–Kier alpha value is -3.24. The first kappa shape index (κ1) is 25.4. The van der Waals surface area contributed by atoms with Gasteiger partial charge in [0.05, 0.1) is 16.1 Å². The molecule has 1 saturated heterocycles. The Morgan fingerprint density at radius 3 is 2.95 bits per heavy atom. The van der Waals surface area contributed by atoms with Gasteiger partial charge >= 0.3 is 5.97 Å². The number of hydrogen-bond acceptors (Lipinski definition) is 8. The Kier molecular flexibility index (Phi) is 8.15. The zero-order chi connectivity index (χ0) is 25.6. The van der Waals surface area contributed by atoms with E-state index in [4.69, 9.17) is 4.98 Å². The van der Waals surface area contributed by atoms with Crippen molar-refractivity contribution in [1.82, 2.24) is 20.2 Å². The van der Waals surface area contributed by atoms with Crippen molar-refractivity contribution in [1.29, 1.82) is 0 Å². The third kappa shape index (κ3) is 6.56. The molecule has 2 aliphatic heterocycles. The van der Waals surface area contributed by atoms with E-state index in [2.05, 4.69) is 38.0 Å². The summed E-state index contributed by atoms with van der Waals surface area (Å²) >= 11 is 1.41. The highest BCUT2D eigenvalue weighted by Gasteiger charge is 2.27. The number of aliphatic carboxylic acids is 1. The van der Waals surface area contributed by atoms with Gasteiger partial charge in [-0.05, 0) is 75.4 Å². The van der Waals surface area contributed by atoms with Gasteiger partial charge in [0.1, 0.15) is 11.9 Å². The second-order valence-electron chi connectivity index (χ2n) is 9.85. The summed E-state index contributed by atoms with van der Waals surface area (Å²) in [4.78, 5) is 36.3. The fourth-order valence-corrected chi connectivity index (χ4v) is 6.01. The smallest absolute Gasteiger partial charge is 0.328 e. The van der Waals surface area contributed by atoms with Crippen LogP contribution in [0.3, 0.4) is 0 Å². The number of anilines is 2. The minimum absolute atomic E-state index is 0.0125. The number of aromatic nitrogens is 2. The molecule has 4 heterocycles. The van der Waals surface area contributed by atoms with Gasteiger partial charge < -0.3 is 26.0 Å². The second-order valence-corrected chi connectivity index (χ2v) is 10.9. The van der Waals surface area contributed by atoms with Gasteiger partial charge in [0.25, 0.3) is 0 Å². The lowest BCUT2D eigenvalue weighted by Gasteiger charge is -2.32. The molecule has 1 amide bonds. The summed E-state index contributed by atoms with van der Waals surface area (Å²) in [6, 6.07) is 11.1. The van der Waals surface area contributed by atoms with Gasteiger partial charge in [-0.1, -0.05) is 29.5 Å². The molecule has 0 bridgehead atoms. The molecule has 37 heavy (non-hydrogen) atoms. The van der Waals surface area contributed by atoms with Crippen LogP contribution in [-0.2, 0) is 22.4 Å². The van der Waals surface area contributed by atoms with Crippen molar-refractivity contribution < 1.29 is 14.7 Å². The lowest BCUT2D eigenvalue weighted by atomic mass is 9.96. The first-order valence-corrected chi connectivity index (χ1v) is 13.9. The number of piperidine rings is 1. The van der Waals surface area contributed by atoms with E-state index in [1.807, 2.05) is 24.3 Å². The van der Waals surface area contributed by atoms with Crippen molar-refractivity contribution in [3.8, 4) is 0 Å². The number of nitrogens with one attached hydrogen (secondary N) is 3. The number of carboxylic acids is 1. The van der Waals surface area contributed by atoms with Crippen LogP contribution in [0.25, 0.3) is 10.2 Å². The molecule has 0 spiro atoms. The molecule has 2 aromatic heterocycles. The maximum Gasteiger partial charge on any atom is 0.328 e. The van der Waals surface area contributed by atoms with Crippen LogP contribution in [0.15, 0.2) is 36.4 Å². The van der Waals surface area contributed by atoms with Crippen molar-refractivity contribution in [2.24, 2.45) is 5.92 Å². The molecule has 0 radical (unpaired) electrons. The number of carboxylic acid groups (broad SMARTS) is 1. The van der Waals surface area contributed by atoms with Gasteiger partial charge in [-0.15, -0.1) is 0 Å². The quantitative estimate of drug-likeness (QED) is 0.320. The molecule has 10 heteroatoms. The van der Waals surface area contributed by atoms with E-state index in [1.54, 1.807) is 0 Å². The van der Waals surface area contributed by atoms with Gasteiger partial charge in [-0.25, -0.2) is 14.8 Å². The molecule has 2 aliphatic rings. The largest absolute Gasteiger partial charge is 0.480 e. The van der Waals surface area contributed by atoms with Crippen LogP contribution in [-0.4, -0.2) is 70.6 Å². The minimum Gasteiger partial charge on any atom is -0.480 e. The molecule has 1 aromatic carbocycles. The minimum atomic E-state index is -1.02. The van der Waals surface area contributed by atoms with Gasteiger partial charge in [-0.2, -0.15) is 0 Å². The number of amides is 1. The third-order valence-corrected chi connectivity index (χ3v) is 8.07. The number of rotatable bonds is 10. The SMILES string of the molecule is O=C(NC[C@H](Nc1nc2ccccc2s1)C(=O)O)[C@@H]1CCCN(CCCc2ccc3c(n2)NCCC3)C1. The van der Waals surface area contributed by atoms with E-state index < -0.39 is 12.0 Å². The predicted octanol–water partition coefficient (Wildman–Crippen LogP) is 3.38. The molecule has 196 valence electrons. The summed E-state index contributed by atoms with van der Waals surface area (Å²) in [5, 5.41) is 19.5. The topological polar surface area (TPSA) is 119 Å². The lowest BCUT2D eigenvalue weighted by Crippen LogP contribution is -2.47. The summed E-state index contributed by atoms with van der Waals surface area (Å²) in [6.07, 6.45) is 5.95. The molecule has 4 N–H and O–H groups in total. The van der Waals surface area contributed by atoms with Crippen LogP contribution in [0.5, 0.6) is 0 Å². The Bertz CT molecular complexity index is 1210. The zero-order valence-corrected chi connectivity index (χ0v) is 21.7. The second kappa shape index (κ2) is 11.9. The fourth-order valence-electron chi connectivity index (χ4n) is 5.09. The first-order chi connectivity index (χ1) is 18.0. The van der Waals surface area contributed by atoms with E-state index in [0.29, 0.717) is 11.7 Å². The molecule has 2 atom stereocenters. The monoisotopic (exact) mass is 522 g/mol. The summed E-state index contributed by atoms with van der Waals surface area (Å²) < 4.78 is 0.986. The predicted molar refractivity (Wildman–Crippen MR) is 146 cm³/mol. The van der Waals surface area contributed by atoms with Crippen molar-refractivity contribution >= 4 is 44.4 Å². The molecule has 5 rings (SSSR count). The van der Waals surface area contributed by atoms with Crippen molar-refractivity contribution in [3.63, 3.8) is 0 Å². The number of thiazole rings is 1. The highest BCUT2D eigenvalue weighted by Crippen LogP contribution is 2.26. The Morgan fingerprint density at radius 2 is 2.08 bits per heavy atom. The molecule has 0 saturated carbocycles. The molecule has 9 nitrogen and oxygen atoms in total.